The van der Waals surface area contributed by atoms with Gasteiger partial charge in [0, 0.05) is 17.8 Å². The fourth-order valence-electron chi connectivity index (χ4n) is 1.69. The van der Waals surface area contributed by atoms with Crippen LogP contribution in [-0.2, 0) is 6.42 Å². The molecule has 1 heterocycles. The zero-order chi connectivity index (χ0) is 13.0. The molecule has 2 rings (SSSR count). The number of hydrogen-bond donors (Lipinski definition) is 2. The lowest BCUT2D eigenvalue weighted by molar-refractivity contribution is 0.0925. The number of nitrogens with two attached hydrogens (primary N) is 1. The number of anilines is 1. The Kier molecular flexibility index (Phi) is 3.67. The molecule has 0 saturated heterocycles. The Labute approximate surface area is 106 Å². The number of hydrogen-bond acceptors (Lipinski definition) is 3. The zero-order valence-electron chi connectivity index (χ0n) is 10.3. The van der Waals surface area contributed by atoms with Gasteiger partial charge in [0.05, 0.1) is 6.26 Å². The van der Waals surface area contributed by atoms with Crippen LogP contribution in [0.15, 0.2) is 41.0 Å². The van der Waals surface area contributed by atoms with Crippen molar-refractivity contribution in [3.63, 3.8) is 0 Å². The molecular formula is C14H16N2O2. The topological polar surface area (TPSA) is 68.3 Å². The summed E-state index contributed by atoms with van der Waals surface area (Å²) in [4.78, 5) is 11.7. The smallest absolute Gasteiger partial charge is 0.287 e. The second kappa shape index (κ2) is 5.40. The molecule has 0 unspecified atom stereocenters. The molecule has 0 spiro atoms. The fourth-order valence-corrected chi connectivity index (χ4v) is 1.69. The second-order valence-corrected chi connectivity index (χ2v) is 4.18. The summed E-state index contributed by atoms with van der Waals surface area (Å²) in [6.45, 7) is 2.42. The van der Waals surface area contributed by atoms with Crippen molar-refractivity contribution in [2.45, 2.75) is 13.3 Å². The number of furan rings is 1. The standard InChI is InChI=1S/C14H16N2O2/c1-10-7-9-18-13(10)14(17)16-8-6-11-2-4-12(15)5-3-11/h2-5,7,9H,6,8,15H2,1H3,(H,16,17). The SMILES string of the molecule is Cc1ccoc1C(=O)NCCc1ccc(N)cc1. The van der Waals surface area contributed by atoms with Crippen molar-refractivity contribution >= 4 is 11.6 Å². The quantitative estimate of drug-likeness (QED) is 0.810. The van der Waals surface area contributed by atoms with Gasteiger partial charge in [-0.05, 0) is 37.1 Å². The average molecular weight is 244 g/mol. The molecule has 0 aliphatic heterocycles. The van der Waals surface area contributed by atoms with Crippen LogP contribution in [0, 0.1) is 6.92 Å². The molecule has 0 saturated carbocycles. The van der Waals surface area contributed by atoms with Gasteiger partial charge < -0.3 is 15.5 Å². The molecule has 2 aromatic rings. The summed E-state index contributed by atoms with van der Waals surface area (Å²) in [6.07, 6.45) is 2.29. The number of aryl methyl sites for hydroxylation is 1. The van der Waals surface area contributed by atoms with Gasteiger partial charge in [-0.2, -0.15) is 0 Å². The predicted molar refractivity (Wildman–Crippen MR) is 70.3 cm³/mol. The lowest BCUT2D eigenvalue weighted by Gasteiger charge is -2.04. The molecule has 18 heavy (non-hydrogen) atoms. The Balaban J connectivity index is 1.84. The van der Waals surface area contributed by atoms with Crippen LogP contribution in [0.5, 0.6) is 0 Å². The second-order valence-electron chi connectivity index (χ2n) is 4.18. The van der Waals surface area contributed by atoms with Crippen molar-refractivity contribution in [3.8, 4) is 0 Å². The molecule has 0 radical (unpaired) electrons. The van der Waals surface area contributed by atoms with Crippen LogP contribution in [0.2, 0.25) is 0 Å². The van der Waals surface area contributed by atoms with E-state index in [4.69, 9.17) is 10.2 Å². The number of nitrogen functional groups attached to an aromatic ring is 1. The minimum absolute atomic E-state index is 0.173. The van der Waals surface area contributed by atoms with Crippen LogP contribution in [-0.4, -0.2) is 12.5 Å². The Morgan fingerprint density at radius 2 is 2.00 bits per heavy atom. The normalized spacial score (nSPS) is 10.3. The van der Waals surface area contributed by atoms with E-state index in [0.717, 1.165) is 23.2 Å². The van der Waals surface area contributed by atoms with Gasteiger partial charge >= 0.3 is 0 Å². The zero-order valence-corrected chi connectivity index (χ0v) is 10.3. The minimum atomic E-state index is -0.173. The van der Waals surface area contributed by atoms with E-state index in [9.17, 15) is 4.79 Å². The van der Waals surface area contributed by atoms with Crippen LogP contribution in [0.1, 0.15) is 21.7 Å². The summed E-state index contributed by atoms with van der Waals surface area (Å²) < 4.78 is 5.12. The van der Waals surface area contributed by atoms with E-state index >= 15 is 0 Å². The number of rotatable bonds is 4. The Morgan fingerprint density at radius 3 is 2.61 bits per heavy atom. The van der Waals surface area contributed by atoms with Gasteiger partial charge in [-0.3, -0.25) is 4.79 Å². The van der Waals surface area contributed by atoms with E-state index in [0.29, 0.717) is 12.3 Å². The number of nitrogens with one attached hydrogen (secondary N) is 1. The molecular weight excluding hydrogens is 228 g/mol. The Bertz CT molecular complexity index is 529. The van der Waals surface area contributed by atoms with Gasteiger partial charge in [-0.15, -0.1) is 0 Å². The summed E-state index contributed by atoms with van der Waals surface area (Å²) in [5, 5.41) is 2.83. The summed E-state index contributed by atoms with van der Waals surface area (Å²) in [5.41, 5.74) is 8.33. The monoisotopic (exact) mass is 244 g/mol. The summed E-state index contributed by atoms with van der Waals surface area (Å²) in [6, 6.07) is 9.40. The van der Waals surface area contributed by atoms with E-state index in [2.05, 4.69) is 5.32 Å². The van der Waals surface area contributed by atoms with Gasteiger partial charge in [0.1, 0.15) is 0 Å². The van der Waals surface area contributed by atoms with E-state index in [1.807, 2.05) is 31.2 Å². The largest absolute Gasteiger partial charge is 0.459 e. The maximum Gasteiger partial charge on any atom is 0.287 e. The van der Waals surface area contributed by atoms with Crippen molar-refractivity contribution < 1.29 is 9.21 Å². The molecule has 0 aliphatic rings. The third-order valence-electron chi connectivity index (χ3n) is 2.75. The van der Waals surface area contributed by atoms with Crippen LogP contribution in [0.4, 0.5) is 5.69 Å². The average Bonchev–Trinajstić information content (AvgIpc) is 2.78. The highest BCUT2D eigenvalue weighted by Gasteiger charge is 2.11. The van der Waals surface area contributed by atoms with Gasteiger partial charge in [0.15, 0.2) is 5.76 Å². The molecule has 0 atom stereocenters. The van der Waals surface area contributed by atoms with Crippen molar-refractivity contribution in [2.75, 3.05) is 12.3 Å². The van der Waals surface area contributed by atoms with Crippen molar-refractivity contribution in [3.05, 3.63) is 53.5 Å². The molecule has 4 nitrogen and oxygen atoms in total. The summed E-state index contributed by atoms with van der Waals surface area (Å²) >= 11 is 0. The first kappa shape index (κ1) is 12.2. The van der Waals surface area contributed by atoms with Crippen molar-refractivity contribution in [2.24, 2.45) is 0 Å². The van der Waals surface area contributed by atoms with Gasteiger partial charge in [0.25, 0.3) is 5.91 Å². The molecule has 3 N–H and O–H groups in total. The highest BCUT2D eigenvalue weighted by atomic mass is 16.3. The van der Waals surface area contributed by atoms with Crippen LogP contribution in [0.3, 0.4) is 0 Å². The van der Waals surface area contributed by atoms with Crippen LogP contribution >= 0.6 is 0 Å². The van der Waals surface area contributed by atoms with Gasteiger partial charge in [-0.25, -0.2) is 0 Å². The first-order chi connectivity index (χ1) is 8.66. The van der Waals surface area contributed by atoms with Gasteiger partial charge in [0.2, 0.25) is 0 Å². The number of amides is 1. The molecule has 4 heteroatoms. The highest BCUT2D eigenvalue weighted by molar-refractivity contribution is 5.92. The van der Waals surface area contributed by atoms with E-state index in [1.165, 1.54) is 6.26 Å². The molecule has 94 valence electrons. The molecule has 1 aromatic carbocycles. The van der Waals surface area contributed by atoms with Crippen molar-refractivity contribution in [1.29, 1.82) is 0 Å². The Morgan fingerprint density at radius 1 is 1.28 bits per heavy atom. The molecule has 0 bridgehead atoms. The minimum Gasteiger partial charge on any atom is -0.459 e. The van der Waals surface area contributed by atoms with Crippen LogP contribution < -0.4 is 11.1 Å². The van der Waals surface area contributed by atoms with Crippen LogP contribution in [0.25, 0.3) is 0 Å². The lowest BCUT2D eigenvalue weighted by atomic mass is 10.1. The molecule has 1 amide bonds. The third-order valence-corrected chi connectivity index (χ3v) is 2.75. The number of carbonyl (C=O) groups is 1. The maximum atomic E-state index is 11.7. The lowest BCUT2D eigenvalue weighted by Crippen LogP contribution is -2.25. The fraction of sp³-hybridized carbons (Fsp3) is 0.214. The van der Waals surface area contributed by atoms with Crippen molar-refractivity contribution in [1.82, 2.24) is 5.32 Å². The van der Waals surface area contributed by atoms with E-state index in [-0.39, 0.29) is 5.91 Å². The summed E-state index contributed by atoms with van der Waals surface area (Å²) in [5.74, 6) is 0.209. The molecule has 1 aromatic heterocycles. The van der Waals surface area contributed by atoms with E-state index in [1.54, 1.807) is 6.07 Å². The maximum absolute atomic E-state index is 11.7. The molecule has 0 fully saturated rings. The summed E-state index contributed by atoms with van der Waals surface area (Å²) in [7, 11) is 0. The number of carbonyl (C=O) groups excluding carboxylic acids is 1. The first-order valence-corrected chi connectivity index (χ1v) is 5.83. The van der Waals surface area contributed by atoms with E-state index < -0.39 is 0 Å². The third kappa shape index (κ3) is 2.91. The first-order valence-electron chi connectivity index (χ1n) is 5.83. The predicted octanol–water partition coefficient (Wildman–Crippen LogP) is 2.14. The highest BCUT2D eigenvalue weighted by Crippen LogP contribution is 2.08. The number of benzene rings is 1. The molecule has 0 aliphatic carbocycles. The van der Waals surface area contributed by atoms with Gasteiger partial charge in [-0.1, -0.05) is 12.1 Å². The Hall–Kier alpha value is -2.23.